The van der Waals surface area contributed by atoms with Crippen LogP contribution in [0.4, 0.5) is 8.78 Å². The van der Waals surface area contributed by atoms with Gasteiger partial charge in [0.05, 0.1) is 12.6 Å². The van der Waals surface area contributed by atoms with E-state index in [4.69, 9.17) is 4.74 Å². The van der Waals surface area contributed by atoms with Crippen molar-refractivity contribution in [2.75, 3.05) is 32.5 Å². The molecular formula is C30H36F2N2O3S. The Morgan fingerprint density at radius 2 is 2.08 bits per heavy atom. The minimum absolute atomic E-state index is 0.137. The molecule has 1 aliphatic rings. The zero-order valence-corrected chi connectivity index (χ0v) is 22.6. The number of carboxylic acid groups (broad SMARTS) is 1. The number of hydrogen-bond donors (Lipinski definition) is 1. The monoisotopic (exact) mass is 542 g/mol. The van der Waals surface area contributed by atoms with Gasteiger partial charge < -0.3 is 14.7 Å². The number of halogens is 2. The predicted molar refractivity (Wildman–Crippen MR) is 148 cm³/mol. The van der Waals surface area contributed by atoms with Crippen LogP contribution in [-0.2, 0) is 4.79 Å². The number of alkyl halides is 1. The summed E-state index contributed by atoms with van der Waals surface area (Å²) >= 11 is 1.65. The smallest absolute Gasteiger partial charge is 0.303 e. The Kier molecular flexibility index (Phi) is 10.4. The van der Waals surface area contributed by atoms with Gasteiger partial charge in [-0.3, -0.25) is 9.78 Å². The average Bonchev–Trinajstić information content (AvgIpc) is 2.92. The second kappa shape index (κ2) is 13.9. The molecule has 1 aliphatic heterocycles. The minimum Gasteiger partial charge on any atom is -0.497 e. The van der Waals surface area contributed by atoms with Gasteiger partial charge in [0, 0.05) is 29.4 Å². The molecule has 204 valence electrons. The number of rotatable bonds is 13. The van der Waals surface area contributed by atoms with E-state index >= 15 is 4.39 Å². The molecule has 3 aromatic rings. The average molecular weight is 543 g/mol. The molecule has 1 aromatic heterocycles. The van der Waals surface area contributed by atoms with Crippen molar-refractivity contribution in [2.24, 2.45) is 11.8 Å². The molecule has 4 rings (SSSR count). The Hall–Kier alpha value is -2.71. The van der Waals surface area contributed by atoms with Crippen LogP contribution in [0.3, 0.4) is 0 Å². The lowest BCUT2D eigenvalue weighted by Gasteiger charge is -2.39. The van der Waals surface area contributed by atoms with E-state index < -0.39 is 12.1 Å². The molecule has 0 spiro atoms. The first-order chi connectivity index (χ1) is 18.4. The summed E-state index contributed by atoms with van der Waals surface area (Å²) in [5.74, 6) is 1.11. The second-order valence-corrected chi connectivity index (χ2v) is 11.2. The van der Waals surface area contributed by atoms with E-state index in [0.717, 1.165) is 60.4 Å². The SMILES string of the molecule is COc1ccc2nccc(C(F)CC[C@@H]3CCN(CCCSc4cccc(F)c4)C[C@@H]3CCC(=O)O)c2c1. The van der Waals surface area contributed by atoms with E-state index in [1.54, 1.807) is 43.3 Å². The highest BCUT2D eigenvalue weighted by molar-refractivity contribution is 7.99. The maximum atomic E-state index is 15.5. The fraction of sp³-hybridized carbons (Fsp3) is 0.467. The number of piperidine rings is 1. The molecule has 0 radical (unpaired) electrons. The first-order valence-electron chi connectivity index (χ1n) is 13.3. The van der Waals surface area contributed by atoms with Crippen LogP contribution in [0.25, 0.3) is 10.9 Å². The quantitative estimate of drug-likeness (QED) is 0.183. The number of fused-ring (bicyclic) bond motifs is 1. The normalized spacial score (nSPS) is 18.9. The number of carboxylic acids is 1. The van der Waals surface area contributed by atoms with Crippen molar-refractivity contribution in [3.8, 4) is 5.75 Å². The number of aromatic nitrogens is 1. The lowest BCUT2D eigenvalue weighted by Crippen LogP contribution is -2.41. The molecule has 0 bridgehead atoms. The van der Waals surface area contributed by atoms with Gasteiger partial charge in [-0.05, 0) is 111 Å². The number of nitrogens with zero attached hydrogens (tertiary/aromatic N) is 2. The molecule has 0 aliphatic carbocycles. The molecule has 2 aromatic carbocycles. The standard InChI is InChI=1S/C30H36F2N2O3S/c1-37-24-8-10-29-27(19-24)26(12-14-33-29)28(32)9-6-21-13-16-34(20-22(21)7-11-30(35)36)15-3-17-38-25-5-2-4-23(31)18-25/h2,4-5,8,10,12,14,18-19,21-22,28H,3,6-7,9,11,13,15-17,20H2,1H3,(H,35,36)/t21-,22+,28?/m1/s1. The summed E-state index contributed by atoms with van der Waals surface area (Å²) in [6.07, 6.45) is 4.32. The van der Waals surface area contributed by atoms with Crippen LogP contribution in [-0.4, -0.2) is 53.5 Å². The van der Waals surface area contributed by atoms with E-state index in [9.17, 15) is 14.3 Å². The van der Waals surface area contributed by atoms with Crippen LogP contribution in [0.15, 0.2) is 59.6 Å². The van der Waals surface area contributed by atoms with Gasteiger partial charge in [-0.2, -0.15) is 0 Å². The van der Waals surface area contributed by atoms with E-state index in [2.05, 4.69) is 9.88 Å². The fourth-order valence-electron chi connectivity index (χ4n) is 5.47. The first kappa shape index (κ1) is 28.3. The summed E-state index contributed by atoms with van der Waals surface area (Å²) in [6, 6.07) is 13.9. The highest BCUT2D eigenvalue weighted by atomic mass is 32.2. The van der Waals surface area contributed by atoms with Crippen LogP contribution in [0.1, 0.15) is 50.3 Å². The van der Waals surface area contributed by atoms with E-state index in [1.807, 2.05) is 24.3 Å². The number of likely N-dealkylation sites (tertiary alicyclic amines) is 1. The molecule has 8 heteroatoms. The molecule has 0 amide bonds. The highest BCUT2D eigenvalue weighted by Crippen LogP contribution is 2.36. The Morgan fingerprint density at radius 3 is 2.87 bits per heavy atom. The van der Waals surface area contributed by atoms with Gasteiger partial charge in [0.2, 0.25) is 0 Å². The van der Waals surface area contributed by atoms with Gasteiger partial charge in [0.1, 0.15) is 17.7 Å². The number of hydrogen-bond acceptors (Lipinski definition) is 5. The molecule has 2 heterocycles. The Labute approximate surface area is 227 Å². The van der Waals surface area contributed by atoms with Crippen molar-refractivity contribution < 1.29 is 23.4 Å². The van der Waals surface area contributed by atoms with Crippen LogP contribution >= 0.6 is 11.8 Å². The number of pyridine rings is 1. The maximum Gasteiger partial charge on any atom is 0.303 e. The van der Waals surface area contributed by atoms with Crippen molar-refractivity contribution in [1.82, 2.24) is 9.88 Å². The maximum absolute atomic E-state index is 15.5. The fourth-order valence-corrected chi connectivity index (χ4v) is 6.35. The minimum atomic E-state index is -1.12. The van der Waals surface area contributed by atoms with Gasteiger partial charge in [-0.1, -0.05) is 6.07 Å². The zero-order valence-electron chi connectivity index (χ0n) is 21.8. The Balaban J connectivity index is 1.32. The predicted octanol–water partition coefficient (Wildman–Crippen LogP) is 7.16. The number of ether oxygens (including phenoxy) is 1. The van der Waals surface area contributed by atoms with Crippen molar-refractivity contribution in [3.63, 3.8) is 0 Å². The van der Waals surface area contributed by atoms with Crippen molar-refractivity contribution in [2.45, 2.75) is 49.6 Å². The van der Waals surface area contributed by atoms with Crippen molar-refractivity contribution in [1.29, 1.82) is 0 Å². The summed E-state index contributed by atoms with van der Waals surface area (Å²) in [5, 5.41) is 10.1. The summed E-state index contributed by atoms with van der Waals surface area (Å²) in [5.41, 5.74) is 1.37. The second-order valence-electron chi connectivity index (χ2n) is 10.0. The number of aliphatic carboxylic acids is 1. The van der Waals surface area contributed by atoms with Crippen LogP contribution in [0, 0.1) is 17.7 Å². The van der Waals surface area contributed by atoms with E-state index in [1.165, 1.54) is 6.07 Å². The molecule has 1 unspecified atom stereocenters. The molecule has 0 saturated carbocycles. The molecule has 1 N–H and O–H groups in total. The lowest BCUT2D eigenvalue weighted by atomic mass is 9.79. The number of thioether (sulfide) groups is 1. The Bertz CT molecular complexity index is 1210. The molecular weight excluding hydrogens is 506 g/mol. The Morgan fingerprint density at radius 1 is 1.21 bits per heavy atom. The zero-order chi connectivity index (χ0) is 26.9. The van der Waals surface area contributed by atoms with Gasteiger partial charge in [-0.15, -0.1) is 11.8 Å². The number of methoxy groups -OCH3 is 1. The molecule has 5 nitrogen and oxygen atoms in total. The van der Waals surface area contributed by atoms with Crippen LogP contribution in [0.5, 0.6) is 5.75 Å². The third kappa shape index (κ3) is 7.90. The lowest BCUT2D eigenvalue weighted by molar-refractivity contribution is -0.137. The summed E-state index contributed by atoms with van der Waals surface area (Å²) in [7, 11) is 1.59. The summed E-state index contributed by atoms with van der Waals surface area (Å²) in [4.78, 5) is 19.0. The number of benzene rings is 2. The van der Waals surface area contributed by atoms with Crippen LogP contribution < -0.4 is 4.74 Å². The van der Waals surface area contributed by atoms with Gasteiger partial charge in [0.25, 0.3) is 0 Å². The first-order valence-corrected chi connectivity index (χ1v) is 14.3. The van der Waals surface area contributed by atoms with Gasteiger partial charge >= 0.3 is 5.97 Å². The number of carbonyl (C=O) groups is 1. The third-order valence-corrected chi connectivity index (χ3v) is 8.58. The van der Waals surface area contributed by atoms with E-state index in [-0.39, 0.29) is 18.2 Å². The largest absolute Gasteiger partial charge is 0.497 e. The molecule has 1 fully saturated rings. The molecule has 1 saturated heterocycles. The topological polar surface area (TPSA) is 62.7 Å². The van der Waals surface area contributed by atoms with Crippen molar-refractivity contribution in [3.05, 3.63) is 66.1 Å². The molecule has 38 heavy (non-hydrogen) atoms. The van der Waals surface area contributed by atoms with Crippen molar-refractivity contribution >= 4 is 28.6 Å². The highest BCUT2D eigenvalue weighted by Gasteiger charge is 2.30. The van der Waals surface area contributed by atoms with Crippen LogP contribution in [0.2, 0.25) is 0 Å². The third-order valence-electron chi connectivity index (χ3n) is 7.50. The van der Waals surface area contributed by atoms with Gasteiger partial charge in [0.15, 0.2) is 0 Å². The molecule has 3 atom stereocenters. The summed E-state index contributed by atoms with van der Waals surface area (Å²) < 4.78 is 34.3. The summed E-state index contributed by atoms with van der Waals surface area (Å²) in [6.45, 7) is 2.70. The van der Waals surface area contributed by atoms with E-state index in [0.29, 0.717) is 30.1 Å². The van der Waals surface area contributed by atoms with Gasteiger partial charge in [-0.25, -0.2) is 8.78 Å².